The van der Waals surface area contributed by atoms with Crippen LogP contribution in [-0.2, 0) is 22.2 Å². The maximum atomic E-state index is 10.5. The smallest absolute Gasteiger partial charge is 0.515 e. The molecule has 0 aliphatic rings. The Labute approximate surface area is 91.3 Å². The van der Waals surface area contributed by atoms with Crippen LogP contribution in [0.25, 0.3) is 0 Å². The fourth-order valence-electron chi connectivity index (χ4n) is 1.16. The molecule has 0 rings (SSSR count). The molecule has 9 heteroatoms. The van der Waals surface area contributed by atoms with Crippen molar-refractivity contribution in [3.05, 3.63) is 0 Å². The summed E-state index contributed by atoms with van der Waals surface area (Å²) in [4.78, 5) is 0. The maximum absolute atomic E-state index is 10.5. The van der Waals surface area contributed by atoms with Crippen LogP contribution in [0.2, 0.25) is 0 Å². The van der Waals surface area contributed by atoms with Crippen molar-refractivity contribution < 1.29 is 32.4 Å². The fourth-order valence-corrected chi connectivity index (χ4v) is 4.07. The van der Waals surface area contributed by atoms with Crippen molar-refractivity contribution in [3.63, 3.8) is 0 Å². The third kappa shape index (κ3) is 3.41. The second-order valence-electron chi connectivity index (χ2n) is 2.62. The number of hydrogen-bond acceptors (Lipinski definition) is 7. The van der Waals surface area contributed by atoms with Crippen LogP contribution < -0.4 is 0 Å². The molecule has 0 heterocycles. The summed E-state index contributed by atoms with van der Waals surface area (Å²) in [5.74, 6) is 0. The zero-order valence-corrected chi connectivity index (χ0v) is 11.0. The molecule has 0 amide bonds. The van der Waals surface area contributed by atoms with E-state index in [1.165, 1.54) is 21.3 Å². The van der Waals surface area contributed by atoms with E-state index in [-0.39, 0.29) is 0 Å². The van der Waals surface area contributed by atoms with E-state index in [1.807, 2.05) is 0 Å². The van der Waals surface area contributed by atoms with E-state index in [2.05, 4.69) is 0 Å². The Bertz CT molecular complexity index is 178. The molecule has 0 aromatic heterocycles. The van der Waals surface area contributed by atoms with Crippen molar-refractivity contribution in [2.24, 2.45) is 0 Å². The van der Waals surface area contributed by atoms with E-state index in [4.69, 9.17) is 22.8 Å². The quantitative estimate of drug-likeness (QED) is 0.478. The van der Waals surface area contributed by atoms with Gasteiger partial charge in [-0.2, -0.15) is 0 Å². The molecule has 0 saturated carbocycles. The zero-order valence-electron chi connectivity index (χ0n) is 8.87. The predicted octanol–water partition coefficient (Wildman–Crippen LogP) is -2.16. The number of aliphatic hydroxyl groups is 2. The average molecular weight is 256 g/mol. The number of aliphatic hydroxyl groups excluding tert-OH is 2. The van der Waals surface area contributed by atoms with Crippen LogP contribution in [-0.4, -0.2) is 68.4 Å². The van der Waals surface area contributed by atoms with Gasteiger partial charge in [0, 0.05) is 21.3 Å². The average Bonchev–Trinajstić information content (AvgIpc) is 2.29. The van der Waals surface area contributed by atoms with E-state index in [0.29, 0.717) is 0 Å². The molecule has 2 unspecified atom stereocenters. The molecular formula is C6H16O7Si2. The standard InChI is InChI=1S/C6H16O7Si2/c1-10-15(11-2,12-3)6(13-14-9)5(8)4-7/h5-8,14H,4H2,1-3H3. The summed E-state index contributed by atoms with van der Waals surface area (Å²) in [5, 5.41) is 18.3. The summed E-state index contributed by atoms with van der Waals surface area (Å²) >= 11 is 0. The molecule has 0 aliphatic carbocycles. The van der Waals surface area contributed by atoms with Crippen molar-refractivity contribution >= 4 is 18.5 Å². The van der Waals surface area contributed by atoms with Gasteiger partial charge in [0.15, 0.2) is 5.73 Å². The van der Waals surface area contributed by atoms with Crippen molar-refractivity contribution in [1.29, 1.82) is 0 Å². The van der Waals surface area contributed by atoms with Crippen LogP contribution in [0.1, 0.15) is 0 Å². The molecule has 0 bridgehead atoms. The summed E-state index contributed by atoms with van der Waals surface area (Å²) in [5.41, 5.74) is -1.06. The first-order valence-electron chi connectivity index (χ1n) is 4.15. The second kappa shape index (κ2) is 7.16. The predicted molar refractivity (Wildman–Crippen MR) is 52.6 cm³/mol. The Morgan fingerprint density at radius 2 is 1.73 bits per heavy atom. The Balaban J connectivity index is 4.89. The van der Waals surface area contributed by atoms with Crippen molar-refractivity contribution in [2.45, 2.75) is 11.8 Å². The highest BCUT2D eigenvalue weighted by Crippen LogP contribution is 2.17. The van der Waals surface area contributed by atoms with Crippen LogP contribution in [0.4, 0.5) is 0 Å². The van der Waals surface area contributed by atoms with Gasteiger partial charge in [-0.1, -0.05) is 0 Å². The lowest BCUT2D eigenvalue weighted by molar-refractivity contribution is -0.0182. The van der Waals surface area contributed by atoms with Gasteiger partial charge in [-0.25, -0.2) is 0 Å². The van der Waals surface area contributed by atoms with Gasteiger partial charge in [0.05, 0.1) is 6.61 Å². The molecule has 2 N–H and O–H groups in total. The summed E-state index contributed by atoms with van der Waals surface area (Å²) in [6.45, 7) is -0.561. The van der Waals surface area contributed by atoms with Crippen LogP contribution in [0, 0.1) is 0 Å². The van der Waals surface area contributed by atoms with Crippen molar-refractivity contribution in [3.8, 4) is 0 Å². The summed E-state index contributed by atoms with van der Waals surface area (Å²) in [6, 6.07) is 0. The van der Waals surface area contributed by atoms with Crippen molar-refractivity contribution in [2.75, 3.05) is 27.9 Å². The summed E-state index contributed by atoms with van der Waals surface area (Å²) in [7, 11) is -0.829. The number of rotatable bonds is 8. The van der Waals surface area contributed by atoms with Gasteiger partial charge >= 0.3 is 18.5 Å². The first-order chi connectivity index (χ1) is 7.11. The first kappa shape index (κ1) is 14.8. The lowest BCUT2D eigenvalue weighted by atomic mass is 10.4. The topological polar surface area (TPSA) is 94.5 Å². The van der Waals surface area contributed by atoms with Crippen molar-refractivity contribution in [1.82, 2.24) is 0 Å². The molecule has 90 valence electrons. The molecule has 7 nitrogen and oxygen atoms in total. The van der Waals surface area contributed by atoms with Crippen LogP contribution in [0.5, 0.6) is 0 Å². The summed E-state index contributed by atoms with van der Waals surface area (Å²) < 4.78 is 30.5. The maximum Gasteiger partial charge on any atom is 0.544 e. The lowest BCUT2D eigenvalue weighted by Gasteiger charge is -2.33. The van der Waals surface area contributed by atoms with Gasteiger partial charge in [-0.05, 0) is 0 Å². The second-order valence-corrected chi connectivity index (χ2v) is 6.08. The minimum Gasteiger partial charge on any atom is -0.515 e. The molecular weight excluding hydrogens is 240 g/mol. The molecule has 0 aromatic rings. The molecule has 0 fully saturated rings. The SMILES string of the molecule is CO[Si](OC)(OC)C(O[SiH]=O)C(O)CO. The monoisotopic (exact) mass is 256 g/mol. The minimum absolute atomic E-state index is 0.561. The third-order valence-corrected chi connectivity index (χ3v) is 5.54. The zero-order chi connectivity index (χ0) is 11.9. The minimum atomic E-state index is -3.26. The fraction of sp³-hybridized carbons (Fsp3) is 1.00. The van der Waals surface area contributed by atoms with E-state index >= 15 is 0 Å². The largest absolute Gasteiger partial charge is 0.544 e. The number of hydrogen-bond donors (Lipinski definition) is 2. The molecule has 0 aliphatic heterocycles. The molecule has 15 heavy (non-hydrogen) atoms. The molecule has 0 saturated heterocycles. The highest BCUT2D eigenvalue weighted by molar-refractivity contribution is 6.62. The first-order valence-corrected chi connectivity index (χ1v) is 6.89. The lowest BCUT2D eigenvalue weighted by Crippen LogP contribution is -2.61. The molecule has 2 atom stereocenters. The normalized spacial score (nSPS) is 15.8. The Hall–Kier alpha value is -0.166. The highest BCUT2D eigenvalue weighted by Gasteiger charge is 2.52. The Morgan fingerprint density at radius 1 is 1.27 bits per heavy atom. The highest BCUT2D eigenvalue weighted by atomic mass is 28.4. The van der Waals surface area contributed by atoms with E-state index in [0.717, 1.165) is 0 Å². The molecule has 0 radical (unpaired) electrons. The Morgan fingerprint density at radius 3 is 2.00 bits per heavy atom. The van der Waals surface area contributed by atoms with Crippen LogP contribution >= 0.6 is 0 Å². The van der Waals surface area contributed by atoms with Crippen LogP contribution in [0.3, 0.4) is 0 Å². The van der Waals surface area contributed by atoms with E-state index in [9.17, 15) is 9.57 Å². The summed E-state index contributed by atoms with van der Waals surface area (Å²) in [6.07, 6.45) is -1.27. The Kier molecular flexibility index (Phi) is 7.08. The van der Waals surface area contributed by atoms with Gasteiger partial charge in [-0.15, -0.1) is 0 Å². The van der Waals surface area contributed by atoms with Gasteiger partial charge in [-0.3, -0.25) is 0 Å². The van der Waals surface area contributed by atoms with Gasteiger partial charge < -0.3 is 32.4 Å². The molecule has 0 spiro atoms. The van der Waals surface area contributed by atoms with E-state index in [1.54, 1.807) is 0 Å². The van der Waals surface area contributed by atoms with Gasteiger partial charge in [0.2, 0.25) is 0 Å². The van der Waals surface area contributed by atoms with E-state index < -0.39 is 36.9 Å². The van der Waals surface area contributed by atoms with Crippen LogP contribution in [0.15, 0.2) is 0 Å². The van der Waals surface area contributed by atoms with Gasteiger partial charge in [0.1, 0.15) is 6.10 Å². The van der Waals surface area contributed by atoms with Gasteiger partial charge in [0.25, 0.3) is 0 Å². The third-order valence-electron chi connectivity index (χ3n) is 1.94. The molecule has 0 aromatic carbocycles.